The molecule has 4 aliphatic carbocycles. The molecule has 1 heterocycles. The van der Waals surface area contributed by atoms with Gasteiger partial charge in [-0.25, -0.2) is 0 Å². The van der Waals surface area contributed by atoms with Crippen molar-refractivity contribution in [2.75, 3.05) is 6.54 Å². The summed E-state index contributed by atoms with van der Waals surface area (Å²) in [4.78, 5) is 0. The molecule has 0 aromatic carbocycles. The van der Waals surface area contributed by atoms with E-state index in [2.05, 4.69) is 24.0 Å². The Hall–Kier alpha value is 0.310. The summed E-state index contributed by atoms with van der Waals surface area (Å²) in [5.74, 6) is 6.37. The number of rotatable bonds is 6. The summed E-state index contributed by atoms with van der Waals surface area (Å²) in [6, 6.07) is 0.844. The highest BCUT2D eigenvalue weighted by atomic mass is 32.2. The Morgan fingerprint density at radius 1 is 0.759 bits per heavy atom. The Morgan fingerprint density at radius 3 is 2.45 bits per heavy atom. The topological polar surface area (TPSA) is 12.0 Å². The highest BCUT2D eigenvalue weighted by Crippen LogP contribution is 2.56. The second-order valence-corrected chi connectivity index (χ2v) is 13.1. The summed E-state index contributed by atoms with van der Waals surface area (Å²) < 4.78 is 0. The van der Waals surface area contributed by atoms with Gasteiger partial charge in [0.15, 0.2) is 0 Å². The third kappa shape index (κ3) is 4.74. The maximum absolute atomic E-state index is 4.05. The fourth-order valence-electron chi connectivity index (χ4n) is 8.57. The van der Waals surface area contributed by atoms with Crippen LogP contribution < -0.4 is 5.32 Å². The van der Waals surface area contributed by atoms with Crippen molar-refractivity contribution in [1.82, 2.24) is 5.32 Å². The second kappa shape index (κ2) is 9.85. The van der Waals surface area contributed by atoms with Crippen molar-refractivity contribution < 1.29 is 0 Å². The van der Waals surface area contributed by atoms with E-state index >= 15 is 0 Å². The van der Waals surface area contributed by atoms with Crippen LogP contribution in [0.2, 0.25) is 0 Å². The van der Waals surface area contributed by atoms with E-state index in [-0.39, 0.29) is 0 Å². The Morgan fingerprint density at radius 2 is 1.55 bits per heavy atom. The first-order valence-electron chi connectivity index (χ1n) is 13.7. The summed E-state index contributed by atoms with van der Waals surface area (Å²) in [5, 5.41) is 6.14. The molecular formula is C27H47NS. The number of hydrogen-bond donors (Lipinski definition) is 1. The van der Waals surface area contributed by atoms with Crippen molar-refractivity contribution in [1.29, 1.82) is 0 Å². The highest BCUT2D eigenvalue weighted by molar-refractivity contribution is 8.00. The number of hydrogen-bond acceptors (Lipinski definition) is 2. The van der Waals surface area contributed by atoms with Crippen molar-refractivity contribution in [3.63, 3.8) is 0 Å². The predicted molar refractivity (Wildman–Crippen MR) is 127 cm³/mol. The van der Waals surface area contributed by atoms with E-state index < -0.39 is 0 Å². The molecule has 166 valence electrons. The van der Waals surface area contributed by atoms with Gasteiger partial charge >= 0.3 is 0 Å². The molecule has 5 aliphatic rings. The lowest BCUT2D eigenvalue weighted by Crippen LogP contribution is -2.40. The third-order valence-electron chi connectivity index (χ3n) is 10.2. The van der Waals surface area contributed by atoms with Gasteiger partial charge in [0.2, 0.25) is 0 Å². The van der Waals surface area contributed by atoms with Crippen molar-refractivity contribution in [3.8, 4) is 0 Å². The van der Waals surface area contributed by atoms with Crippen molar-refractivity contribution in [2.24, 2.45) is 35.5 Å². The minimum absolute atomic E-state index is 0.844. The number of fused-ring (bicyclic) bond motifs is 4. The van der Waals surface area contributed by atoms with E-state index in [0.717, 1.165) is 52.0 Å². The zero-order valence-electron chi connectivity index (χ0n) is 19.1. The summed E-state index contributed by atoms with van der Waals surface area (Å²) >= 11 is 2.43. The maximum Gasteiger partial charge on any atom is 0.00814 e. The minimum Gasteiger partial charge on any atom is -0.314 e. The van der Waals surface area contributed by atoms with Crippen molar-refractivity contribution >= 4 is 11.8 Å². The quantitative estimate of drug-likeness (QED) is 0.482. The van der Waals surface area contributed by atoms with Gasteiger partial charge in [-0.15, -0.1) is 0 Å². The summed E-state index contributed by atoms with van der Waals surface area (Å²) in [6.45, 7) is 3.78. The molecular weight excluding hydrogens is 370 g/mol. The van der Waals surface area contributed by atoms with E-state index in [0.29, 0.717) is 0 Å². The van der Waals surface area contributed by atoms with Crippen LogP contribution in [0.4, 0.5) is 0 Å². The third-order valence-corrected chi connectivity index (χ3v) is 12.1. The molecule has 5 fully saturated rings. The van der Waals surface area contributed by atoms with Crippen molar-refractivity contribution in [3.05, 3.63) is 0 Å². The molecule has 0 aromatic rings. The van der Waals surface area contributed by atoms with Gasteiger partial charge in [0.05, 0.1) is 0 Å². The Kier molecular flexibility index (Phi) is 7.19. The lowest BCUT2D eigenvalue weighted by molar-refractivity contribution is 0.132. The molecule has 2 heteroatoms. The van der Waals surface area contributed by atoms with E-state index in [1.165, 1.54) is 77.2 Å². The standard InChI is InChI=1S/C27H47NS/c1-2-19(15-16-28-23-13-11-20-7-3-4-8-21(20)17-23)22-12-14-27-25(18-22)24-9-5-6-10-26(24)29-27/h19-28H,2-18H2,1H3. The molecule has 5 rings (SSSR count). The summed E-state index contributed by atoms with van der Waals surface area (Å²) in [6.07, 6.45) is 24.3. The number of thioether (sulfide) groups is 1. The molecule has 1 aliphatic heterocycles. The van der Waals surface area contributed by atoms with Crippen LogP contribution in [-0.4, -0.2) is 23.1 Å². The van der Waals surface area contributed by atoms with E-state index in [1.807, 2.05) is 0 Å². The zero-order valence-corrected chi connectivity index (χ0v) is 19.9. The van der Waals surface area contributed by atoms with Crippen LogP contribution in [-0.2, 0) is 0 Å². The minimum atomic E-state index is 0.844. The number of nitrogens with one attached hydrogen (secondary N) is 1. The molecule has 9 unspecified atom stereocenters. The average molecular weight is 418 g/mol. The van der Waals surface area contributed by atoms with E-state index in [4.69, 9.17) is 0 Å². The van der Waals surface area contributed by atoms with Gasteiger partial charge in [0.1, 0.15) is 0 Å². The van der Waals surface area contributed by atoms with Gasteiger partial charge in [0.25, 0.3) is 0 Å². The lowest BCUT2D eigenvalue weighted by Gasteiger charge is -2.40. The molecule has 1 nitrogen and oxygen atoms in total. The molecule has 0 amide bonds. The van der Waals surface area contributed by atoms with Crippen LogP contribution in [0, 0.1) is 35.5 Å². The van der Waals surface area contributed by atoms with Gasteiger partial charge in [-0.2, -0.15) is 11.8 Å². The lowest BCUT2D eigenvalue weighted by atomic mass is 9.67. The predicted octanol–water partition coefficient (Wildman–Crippen LogP) is 7.44. The smallest absolute Gasteiger partial charge is 0.00814 e. The molecule has 29 heavy (non-hydrogen) atoms. The SMILES string of the molecule is CCC(CCNC1CCC2CCCCC2C1)C1CCC2SC3CCCCC3C2C1. The average Bonchev–Trinajstić information content (AvgIpc) is 3.14. The van der Waals surface area contributed by atoms with E-state index in [1.54, 1.807) is 32.1 Å². The van der Waals surface area contributed by atoms with Crippen LogP contribution in [0.3, 0.4) is 0 Å². The molecule has 0 radical (unpaired) electrons. The van der Waals surface area contributed by atoms with E-state index in [9.17, 15) is 0 Å². The molecule has 1 N–H and O–H groups in total. The Bertz CT molecular complexity index is 521. The van der Waals surface area contributed by atoms with Crippen molar-refractivity contribution in [2.45, 2.75) is 126 Å². The van der Waals surface area contributed by atoms with Crippen LogP contribution in [0.25, 0.3) is 0 Å². The summed E-state index contributed by atoms with van der Waals surface area (Å²) in [5.41, 5.74) is 0. The fraction of sp³-hybridized carbons (Fsp3) is 1.00. The molecule has 1 saturated heterocycles. The van der Waals surface area contributed by atoms with Crippen LogP contribution in [0.1, 0.15) is 110 Å². The molecule has 0 bridgehead atoms. The molecule has 0 aromatic heterocycles. The van der Waals surface area contributed by atoms with Crippen LogP contribution in [0.5, 0.6) is 0 Å². The van der Waals surface area contributed by atoms with Gasteiger partial charge in [-0.05, 0) is 99.8 Å². The zero-order chi connectivity index (χ0) is 19.6. The van der Waals surface area contributed by atoms with Crippen LogP contribution >= 0.6 is 11.8 Å². The van der Waals surface area contributed by atoms with Gasteiger partial charge in [-0.1, -0.05) is 51.9 Å². The first kappa shape index (κ1) is 21.2. The largest absolute Gasteiger partial charge is 0.314 e. The molecule has 9 atom stereocenters. The monoisotopic (exact) mass is 417 g/mol. The molecule has 0 spiro atoms. The van der Waals surface area contributed by atoms with Crippen LogP contribution in [0.15, 0.2) is 0 Å². The van der Waals surface area contributed by atoms with Gasteiger partial charge in [-0.3, -0.25) is 0 Å². The second-order valence-electron chi connectivity index (χ2n) is 11.6. The van der Waals surface area contributed by atoms with Gasteiger partial charge < -0.3 is 5.32 Å². The fourth-order valence-corrected chi connectivity index (χ4v) is 10.7. The first-order chi connectivity index (χ1) is 14.3. The Labute approximate surface area is 185 Å². The Balaban J connectivity index is 1.08. The molecule has 4 saturated carbocycles. The van der Waals surface area contributed by atoms with Gasteiger partial charge in [0, 0.05) is 16.5 Å². The summed E-state index contributed by atoms with van der Waals surface area (Å²) in [7, 11) is 0. The first-order valence-corrected chi connectivity index (χ1v) is 14.6. The normalized spacial score (nSPS) is 45.8. The maximum atomic E-state index is 4.05. The highest BCUT2D eigenvalue weighted by Gasteiger charge is 2.47.